The summed E-state index contributed by atoms with van der Waals surface area (Å²) in [4.78, 5) is 26.3. The Hall–Kier alpha value is -3.14. The van der Waals surface area contributed by atoms with Gasteiger partial charge in [0, 0.05) is 47.7 Å². The molecule has 158 valence electrons. The molecule has 2 atom stereocenters. The number of H-pyrrole nitrogens is 1. The molecule has 0 spiro atoms. The van der Waals surface area contributed by atoms with Crippen LogP contribution in [0.3, 0.4) is 0 Å². The minimum absolute atomic E-state index is 0.0838. The molecule has 0 aliphatic heterocycles. The van der Waals surface area contributed by atoms with Gasteiger partial charge in [0.25, 0.3) is 5.56 Å². The van der Waals surface area contributed by atoms with Gasteiger partial charge in [-0.15, -0.1) is 0 Å². The molecular formula is C21H23N3O6. The summed E-state index contributed by atoms with van der Waals surface area (Å²) in [6.07, 6.45) is -2.78. The molecule has 9 nitrogen and oxygen atoms in total. The van der Waals surface area contributed by atoms with Crippen molar-refractivity contribution >= 4 is 16.9 Å². The van der Waals surface area contributed by atoms with Crippen molar-refractivity contribution in [1.29, 1.82) is 0 Å². The summed E-state index contributed by atoms with van der Waals surface area (Å²) in [5, 5.41) is 45.2. The standard InChI is InChI=1S/C21H23N3O6/c1-3-22-8-10-4-9-5-11-12(6-14(9)24(10)2)18(26)15(25)7-13-17(11)23-20(28)16(19(13)27)21(29)30/h4-6,15,18,22,25-26H,3,7-8H2,1-2H3,(H,29,30)(H2,23,27,28). The van der Waals surface area contributed by atoms with Crippen LogP contribution in [0.4, 0.5) is 0 Å². The van der Waals surface area contributed by atoms with Gasteiger partial charge in [-0.2, -0.15) is 0 Å². The number of carbonyl (C=O) groups is 1. The van der Waals surface area contributed by atoms with Gasteiger partial charge in [-0.25, -0.2) is 4.79 Å². The number of fused-ring (bicyclic) bond motifs is 4. The highest BCUT2D eigenvalue weighted by Gasteiger charge is 2.33. The smallest absolute Gasteiger partial charge is 0.345 e. The highest BCUT2D eigenvalue weighted by molar-refractivity contribution is 5.93. The highest BCUT2D eigenvalue weighted by Crippen LogP contribution is 2.41. The molecule has 2 heterocycles. The van der Waals surface area contributed by atoms with Crippen molar-refractivity contribution < 1.29 is 25.2 Å². The van der Waals surface area contributed by atoms with Crippen molar-refractivity contribution in [2.24, 2.45) is 7.05 Å². The lowest BCUT2D eigenvalue weighted by Crippen LogP contribution is -2.22. The Kier molecular flexibility index (Phi) is 4.89. The van der Waals surface area contributed by atoms with Crippen LogP contribution in [0.1, 0.15) is 40.2 Å². The molecule has 30 heavy (non-hydrogen) atoms. The van der Waals surface area contributed by atoms with Gasteiger partial charge in [0.2, 0.25) is 0 Å². The van der Waals surface area contributed by atoms with E-state index in [2.05, 4.69) is 10.3 Å². The van der Waals surface area contributed by atoms with E-state index in [0.29, 0.717) is 17.7 Å². The Balaban J connectivity index is 2.02. The normalized spacial score (nSPS) is 18.1. The number of nitrogens with zero attached hydrogens (tertiary/aromatic N) is 1. The summed E-state index contributed by atoms with van der Waals surface area (Å²) < 4.78 is 1.98. The molecule has 2 unspecified atom stereocenters. The van der Waals surface area contributed by atoms with Crippen LogP contribution in [-0.4, -0.2) is 48.6 Å². The zero-order chi connectivity index (χ0) is 21.7. The lowest BCUT2D eigenvalue weighted by molar-refractivity contribution is 0.0201. The van der Waals surface area contributed by atoms with Gasteiger partial charge in [0.15, 0.2) is 5.56 Å². The summed E-state index contributed by atoms with van der Waals surface area (Å²) in [6, 6.07) is 5.51. The molecular weight excluding hydrogens is 390 g/mol. The molecule has 0 radical (unpaired) electrons. The number of aliphatic hydroxyl groups is 2. The number of aromatic nitrogens is 2. The van der Waals surface area contributed by atoms with Crippen molar-refractivity contribution in [3.05, 3.63) is 50.9 Å². The van der Waals surface area contributed by atoms with Crippen LogP contribution in [0.5, 0.6) is 5.75 Å². The number of carboxylic acids is 1. The number of hydrogen-bond donors (Lipinski definition) is 6. The third kappa shape index (κ3) is 2.98. The van der Waals surface area contributed by atoms with Gasteiger partial charge >= 0.3 is 5.97 Å². The van der Waals surface area contributed by atoms with Crippen LogP contribution >= 0.6 is 0 Å². The van der Waals surface area contributed by atoms with Crippen molar-refractivity contribution in [1.82, 2.24) is 14.9 Å². The summed E-state index contributed by atoms with van der Waals surface area (Å²) in [5.41, 5.74) is 1.23. The van der Waals surface area contributed by atoms with Gasteiger partial charge in [-0.1, -0.05) is 6.92 Å². The van der Waals surface area contributed by atoms with E-state index in [1.165, 1.54) is 0 Å². The van der Waals surface area contributed by atoms with Crippen LogP contribution in [0.2, 0.25) is 0 Å². The van der Waals surface area contributed by atoms with Crippen molar-refractivity contribution in [3.8, 4) is 17.0 Å². The topological polar surface area (TPSA) is 148 Å². The average Bonchev–Trinajstić information content (AvgIpc) is 2.96. The van der Waals surface area contributed by atoms with Crippen LogP contribution < -0.4 is 10.9 Å². The fourth-order valence-electron chi connectivity index (χ4n) is 4.13. The number of hydrogen-bond acceptors (Lipinski definition) is 6. The molecule has 6 N–H and O–H groups in total. The number of pyridine rings is 1. The molecule has 1 aliphatic rings. The largest absolute Gasteiger partial charge is 0.506 e. The number of carboxylic acid groups (broad SMARTS) is 1. The summed E-state index contributed by atoms with van der Waals surface area (Å²) >= 11 is 0. The number of aliphatic hydroxyl groups excluding tert-OH is 2. The van der Waals surface area contributed by atoms with Gasteiger partial charge in [0.1, 0.15) is 11.9 Å². The van der Waals surface area contributed by atoms with Crippen molar-refractivity contribution in [2.45, 2.75) is 32.1 Å². The number of rotatable bonds is 4. The maximum atomic E-state index is 12.3. The van der Waals surface area contributed by atoms with E-state index in [4.69, 9.17) is 0 Å². The number of nitrogens with one attached hydrogen (secondary N) is 2. The van der Waals surface area contributed by atoms with E-state index in [-0.39, 0.29) is 17.7 Å². The first-order valence-electron chi connectivity index (χ1n) is 9.65. The lowest BCUT2D eigenvalue weighted by atomic mass is 9.97. The van der Waals surface area contributed by atoms with Crippen LogP contribution in [-0.2, 0) is 20.0 Å². The van der Waals surface area contributed by atoms with E-state index in [1.54, 1.807) is 12.1 Å². The van der Waals surface area contributed by atoms with Gasteiger partial charge in [-0.05, 0) is 30.3 Å². The van der Waals surface area contributed by atoms with E-state index in [9.17, 15) is 30.0 Å². The van der Waals surface area contributed by atoms with Gasteiger partial charge in [0.05, 0.1) is 11.8 Å². The molecule has 0 saturated heterocycles. The van der Waals surface area contributed by atoms with E-state index < -0.39 is 35.0 Å². The SMILES string of the molecule is CCNCc1cc2cc3c(cc2n1C)C(O)C(O)Cc1c-3[nH]c(=O)c(C(=O)O)c1O. The molecule has 0 fully saturated rings. The molecule has 0 amide bonds. The molecule has 0 saturated carbocycles. The summed E-state index contributed by atoms with van der Waals surface area (Å²) in [7, 11) is 1.90. The quantitative estimate of drug-likeness (QED) is 0.374. The fraction of sp³-hybridized carbons (Fsp3) is 0.333. The van der Waals surface area contributed by atoms with E-state index in [0.717, 1.165) is 23.1 Å². The first-order valence-corrected chi connectivity index (χ1v) is 9.65. The van der Waals surface area contributed by atoms with Gasteiger partial charge < -0.3 is 35.3 Å². The molecule has 4 rings (SSSR count). The third-order valence-corrected chi connectivity index (χ3v) is 5.74. The summed E-state index contributed by atoms with van der Waals surface area (Å²) in [5.74, 6) is -2.26. The molecule has 2 aromatic heterocycles. The van der Waals surface area contributed by atoms with E-state index in [1.807, 2.05) is 24.6 Å². The summed E-state index contributed by atoms with van der Waals surface area (Å²) in [6.45, 7) is 3.46. The second-order valence-corrected chi connectivity index (χ2v) is 7.53. The number of aromatic carboxylic acids is 1. The molecule has 3 aromatic rings. The Morgan fingerprint density at radius 3 is 2.70 bits per heavy atom. The Morgan fingerprint density at radius 2 is 2.03 bits per heavy atom. The number of aromatic hydroxyl groups is 1. The van der Waals surface area contributed by atoms with Crippen molar-refractivity contribution in [2.75, 3.05) is 6.54 Å². The van der Waals surface area contributed by atoms with E-state index >= 15 is 0 Å². The number of aromatic amines is 1. The first-order chi connectivity index (χ1) is 14.2. The molecule has 1 aliphatic carbocycles. The minimum atomic E-state index is -1.57. The molecule has 1 aromatic carbocycles. The van der Waals surface area contributed by atoms with Crippen LogP contribution in [0, 0.1) is 0 Å². The third-order valence-electron chi connectivity index (χ3n) is 5.74. The average molecular weight is 413 g/mol. The maximum Gasteiger partial charge on any atom is 0.345 e. The van der Waals surface area contributed by atoms with Gasteiger partial charge in [-0.3, -0.25) is 4.79 Å². The van der Waals surface area contributed by atoms with Crippen LogP contribution in [0.25, 0.3) is 22.2 Å². The molecule has 9 heteroatoms. The highest BCUT2D eigenvalue weighted by atomic mass is 16.4. The Bertz CT molecular complexity index is 1230. The Labute approximate surface area is 171 Å². The monoisotopic (exact) mass is 413 g/mol. The predicted octanol–water partition coefficient (Wildman–Crippen LogP) is 0.997. The number of aryl methyl sites for hydroxylation is 1. The zero-order valence-electron chi connectivity index (χ0n) is 16.6. The predicted molar refractivity (Wildman–Crippen MR) is 110 cm³/mol. The first kappa shape index (κ1) is 20.1. The number of benzene rings is 1. The molecule has 0 bridgehead atoms. The maximum absolute atomic E-state index is 12.3. The van der Waals surface area contributed by atoms with Crippen LogP contribution in [0.15, 0.2) is 23.0 Å². The Morgan fingerprint density at radius 1 is 1.30 bits per heavy atom. The minimum Gasteiger partial charge on any atom is -0.506 e. The second-order valence-electron chi connectivity index (χ2n) is 7.53. The second kappa shape index (κ2) is 7.28. The van der Waals surface area contributed by atoms with Crippen molar-refractivity contribution in [3.63, 3.8) is 0 Å². The zero-order valence-corrected chi connectivity index (χ0v) is 16.6. The lowest BCUT2D eigenvalue weighted by Gasteiger charge is -2.17. The fourth-order valence-corrected chi connectivity index (χ4v) is 4.13.